The SMILES string of the molecule is C=C(C)C(=O)Oc1ccc(-c2cc(OC(=O)C(=C)C)c(-c3ccc(OC(=O)C(=C)C)cc3)cc2C)cc1.C=C(C)C(=O)Oc1ccc(-c2ccc(-c3ccc(OC(=O)C(=C)C)cc3)c(OC(=O)/C(C)=C/C)c2)cc1. The van der Waals surface area contributed by atoms with Crippen molar-refractivity contribution in [1.82, 2.24) is 0 Å². The van der Waals surface area contributed by atoms with Crippen molar-refractivity contribution in [3.05, 3.63) is 205 Å². The van der Waals surface area contributed by atoms with Crippen LogP contribution in [0, 0.1) is 6.92 Å². The molecule has 0 amide bonds. The van der Waals surface area contributed by atoms with Crippen LogP contribution in [-0.2, 0) is 28.8 Å². The maximum absolute atomic E-state index is 12.6. The highest BCUT2D eigenvalue weighted by atomic mass is 16.6. The van der Waals surface area contributed by atoms with E-state index in [0.717, 1.165) is 38.9 Å². The van der Waals surface area contributed by atoms with E-state index in [1.165, 1.54) is 0 Å². The van der Waals surface area contributed by atoms with Crippen LogP contribution in [0.4, 0.5) is 0 Å². The smallest absolute Gasteiger partial charge is 0.338 e. The summed E-state index contributed by atoms with van der Waals surface area (Å²) in [4.78, 5) is 72.2. The third-order valence-corrected chi connectivity index (χ3v) is 10.7. The highest BCUT2D eigenvalue weighted by Gasteiger charge is 2.19. The minimum Gasteiger partial charge on any atom is -0.423 e. The van der Waals surface area contributed by atoms with E-state index >= 15 is 0 Å². The largest absolute Gasteiger partial charge is 0.423 e. The first-order valence-electron chi connectivity index (χ1n) is 23.0. The number of carbonyl (C=O) groups is 6. The summed E-state index contributed by atoms with van der Waals surface area (Å²) >= 11 is 0. The molecule has 0 radical (unpaired) electrons. The van der Waals surface area contributed by atoms with Crippen molar-refractivity contribution in [2.75, 3.05) is 0 Å². The zero-order valence-electron chi connectivity index (χ0n) is 42.6. The highest BCUT2D eigenvalue weighted by molar-refractivity contribution is 5.94. The maximum atomic E-state index is 12.6. The monoisotopic (exact) mass is 992 g/mol. The molecule has 0 spiro atoms. The Kier molecular flexibility index (Phi) is 18.8. The van der Waals surface area contributed by atoms with Crippen molar-refractivity contribution in [1.29, 1.82) is 0 Å². The van der Waals surface area contributed by atoms with E-state index in [9.17, 15) is 28.8 Å². The van der Waals surface area contributed by atoms with E-state index in [1.54, 1.807) is 139 Å². The first-order valence-corrected chi connectivity index (χ1v) is 23.0. The Hall–Kier alpha value is -9.42. The van der Waals surface area contributed by atoms with Gasteiger partial charge in [-0.2, -0.15) is 0 Å². The van der Waals surface area contributed by atoms with E-state index in [1.807, 2.05) is 49.4 Å². The van der Waals surface area contributed by atoms with Gasteiger partial charge < -0.3 is 28.4 Å². The van der Waals surface area contributed by atoms with E-state index < -0.39 is 35.8 Å². The summed E-state index contributed by atoms with van der Waals surface area (Å²) in [5.74, 6) is -0.760. The summed E-state index contributed by atoms with van der Waals surface area (Å²) in [7, 11) is 0. The Balaban J connectivity index is 0.000000274. The molecule has 6 rings (SSSR count). The third-order valence-electron chi connectivity index (χ3n) is 10.7. The Morgan fingerprint density at radius 1 is 0.338 bits per heavy atom. The number of esters is 6. The summed E-state index contributed by atoms with van der Waals surface area (Å²) in [6.45, 7) is 31.3. The molecule has 12 nitrogen and oxygen atoms in total. The van der Waals surface area contributed by atoms with Crippen molar-refractivity contribution in [2.24, 2.45) is 0 Å². The van der Waals surface area contributed by atoms with Crippen LogP contribution in [0.3, 0.4) is 0 Å². The summed E-state index contributed by atoms with van der Waals surface area (Å²) in [5, 5.41) is 0. The molecular weight excluding hydrogens is 937 g/mol. The number of hydrogen-bond acceptors (Lipinski definition) is 12. The van der Waals surface area contributed by atoms with Crippen LogP contribution in [0.25, 0.3) is 44.5 Å². The molecule has 0 aliphatic heterocycles. The summed E-state index contributed by atoms with van der Waals surface area (Å²) in [6.07, 6.45) is 1.68. The fourth-order valence-electron chi connectivity index (χ4n) is 6.42. The standard InChI is InChI=1S/2C31H28O6/c1-18(2)29(32)35-24-12-8-22(9-13-24)26-17-28(37-31(34)20(5)6)27(16-21(26)7)23-10-14-25(15-11-23)36-30(33)19(3)4;1-7-21(6)31(34)37-28-18-24(22-8-13-25(14-9-22)35-29(32)19(2)3)12-17-27(28)23-10-15-26(16-11-23)36-30(33)20(4)5/h8-17H,1,3,5H2,2,4,6-7H3;7-18H,2,4H2,1,3,5-6H3/b;21-7+. The molecule has 0 aliphatic carbocycles. The van der Waals surface area contributed by atoms with Gasteiger partial charge in [-0.05, 0) is 161 Å². The molecule has 12 heteroatoms. The van der Waals surface area contributed by atoms with Gasteiger partial charge in [0.1, 0.15) is 34.5 Å². The summed E-state index contributed by atoms with van der Waals surface area (Å²) in [5.41, 5.74) is 9.08. The lowest BCUT2D eigenvalue weighted by Crippen LogP contribution is -2.10. The van der Waals surface area contributed by atoms with E-state index in [-0.39, 0.29) is 5.57 Å². The van der Waals surface area contributed by atoms with Gasteiger partial charge in [-0.25, -0.2) is 28.8 Å². The number of ether oxygens (including phenoxy) is 6. The zero-order chi connectivity index (χ0) is 54.4. The van der Waals surface area contributed by atoms with Gasteiger partial charge >= 0.3 is 35.8 Å². The molecule has 0 aliphatic rings. The van der Waals surface area contributed by atoms with Crippen LogP contribution < -0.4 is 28.4 Å². The van der Waals surface area contributed by atoms with Crippen LogP contribution in [-0.4, -0.2) is 35.8 Å². The average molecular weight is 993 g/mol. The molecule has 0 N–H and O–H groups in total. The van der Waals surface area contributed by atoms with Crippen LogP contribution in [0.2, 0.25) is 0 Å². The van der Waals surface area contributed by atoms with Gasteiger partial charge in [0.05, 0.1) is 0 Å². The van der Waals surface area contributed by atoms with Gasteiger partial charge in [0.2, 0.25) is 0 Å². The van der Waals surface area contributed by atoms with Crippen molar-refractivity contribution >= 4 is 35.8 Å². The number of rotatable bonds is 16. The second-order valence-corrected chi connectivity index (χ2v) is 17.2. The molecule has 6 aromatic rings. The highest BCUT2D eigenvalue weighted by Crippen LogP contribution is 2.39. The fourth-order valence-corrected chi connectivity index (χ4v) is 6.42. The van der Waals surface area contributed by atoms with Gasteiger partial charge in [0.25, 0.3) is 0 Å². The number of benzene rings is 6. The predicted octanol–water partition coefficient (Wildman–Crippen LogP) is 13.6. The number of hydrogen-bond donors (Lipinski definition) is 0. The number of aryl methyl sites for hydroxylation is 1. The van der Waals surface area contributed by atoms with Crippen LogP contribution in [0.15, 0.2) is 200 Å². The van der Waals surface area contributed by atoms with Gasteiger partial charge in [-0.1, -0.05) is 99.6 Å². The Labute approximate surface area is 431 Å². The summed E-state index contributed by atoms with van der Waals surface area (Å²) in [6, 6.07) is 37.0. The van der Waals surface area contributed by atoms with E-state index in [0.29, 0.717) is 73.5 Å². The summed E-state index contributed by atoms with van der Waals surface area (Å²) < 4.78 is 32.5. The molecule has 74 heavy (non-hydrogen) atoms. The quantitative estimate of drug-likeness (QED) is 0.0514. The van der Waals surface area contributed by atoms with Crippen molar-refractivity contribution in [3.63, 3.8) is 0 Å². The molecule has 0 heterocycles. The molecule has 6 aromatic carbocycles. The van der Waals surface area contributed by atoms with Crippen LogP contribution >= 0.6 is 0 Å². The van der Waals surface area contributed by atoms with E-state index in [4.69, 9.17) is 28.4 Å². The van der Waals surface area contributed by atoms with Crippen molar-refractivity contribution in [3.8, 4) is 79.0 Å². The normalized spacial score (nSPS) is 10.6. The number of allylic oxidation sites excluding steroid dienone is 1. The molecule has 0 saturated carbocycles. The van der Waals surface area contributed by atoms with Gasteiger partial charge in [-0.3, -0.25) is 0 Å². The molecular formula is C62H56O12. The lowest BCUT2D eigenvalue weighted by molar-refractivity contribution is -0.131. The second-order valence-electron chi connectivity index (χ2n) is 17.2. The average Bonchev–Trinajstić information content (AvgIpc) is 3.37. The molecule has 0 saturated heterocycles. The molecule has 0 unspecified atom stereocenters. The predicted molar refractivity (Wildman–Crippen MR) is 287 cm³/mol. The lowest BCUT2D eigenvalue weighted by atomic mass is 9.94. The molecule has 0 bridgehead atoms. The fraction of sp³-hybridized carbons (Fsp3) is 0.129. The molecule has 0 atom stereocenters. The molecule has 0 fully saturated rings. The maximum Gasteiger partial charge on any atom is 0.338 e. The van der Waals surface area contributed by atoms with Gasteiger partial charge in [-0.15, -0.1) is 0 Å². The Bertz CT molecular complexity index is 3240. The van der Waals surface area contributed by atoms with Gasteiger partial charge in [0.15, 0.2) is 0 Å². The Morgan fingerprint density at radius 2 is 0.635 bits per heavy atom. The minimum absolute atomic E-state index is 0.263. The van der Waals surface area contributed by atoms with Crippen molar-refractivity contribution < 1.29 is 57.2 Å². The van der Waals surface area contributed by atoms with Crippen LogP contribution in [0.5, 0.6) is 34.5 Å². The number of carbonyl (C=O) groups excluding carboxylic acids is 6. The second kappa shape index (κ2) is 25.1. The first-order chi connectivity index (χ1) is 35.0. The zero-order valence-corrected chi connectivity index (χ0v) is 42.6. The topological polar surface area (TPSA) is 158 Å². The van der Waals surface area contributed by atoms with Crippen molar-refractivity contribution in [2.45, 2.75) is 55.4 Å². The first kappa shape index (κ1) is 55.5. The Morgan fingerprint density at radius 3 is 1.00 bits per heavy atom. The minimum atomic E-state index is -0.551. The van der Waals surface area contributed by atoms with Gasteiger partial charge in [0, 0.05) is 44.6 Å². The molecule has 376 valence electrons. The van der Waals surface area contributed by atoms with Crippen LogP contribution in [0.1, 0.15) is 54.0 Å². The molecule has 0 aromatic heterocycles. The van der Waals surface area contributed by atoms with E-state index in [2.05, 4.69) is 32.9 Å². The lowest BCUT2D eigenvalue weighted by Gasteiger charge is -2.16. The third kappa shape index (κ3) is 15.0.